The number of hydrogen-bond acceptors (Lipinski definition) is 6. The molecule has 0 fully saturated rings. The van der Waals surface area contributed by atoms with Crippen LogP contribution in [0.15, 0.2) is 24.3 Å². The first-order valence-electron chi connectivity index (χ1n) is 22.7. The first kappa shape index (κ1) is 53.0. The molecule has 54 heavy (non-hydrogen) atoms. The summed E-state index contributed by atoms with van der Waals surface area (Å²) in [6, 6.07) is -0.802. The number of carbonyl (C=O) groups is 1. The lowest BCUT2D eigenvalue weighted by Gasteiger charge is -2.30. The molecule has 0 aromatic carbocycles. The first-order chi connectivity index (χ1) is 26.0. The van der Waals surface area contributed by atoms with E-state index in [1.807, 2.05) is 21.1 Å². The second-order valence-corrected chi connectivity index (χ2v) is 18.2. The summed E-state index contributed by atoms with van der Waals surface area (Å²) >= 11 is 0. The minimum atomic E-state index is -4.56. The molecule has 0 saturated heterocycles. The maximum atomic E-state index is 12.9. The molecule has 1 amide bonds. The molecule has 0 aromatic heterocycles. The number of aliphatic hydroxyl groups excluding tert-OH is 1. The molecule has 8 nitrogen and oxygen atoms in total. The van der Waals surface area contributed by atoms with Crippen molar-refractivity contribution < 1.29 is 32.9 Å². The van der Waals surface area contributed by atoms with Crippen molar-refractivity contribution >= 4 is 13.7 Å². The topological polar surface area (TPSA) is 108 Å². The monoisotopic (exact) mass is 785 g/mol. The van der Waals surface area contributed by atoms with Crippen molar-refractivity contribution in [3.05, 3.63) is 24.3 Å². The Morgan fingerprint density at radius 3 is 1.57 bits per heavy atom. The summed E-state index contributed by atoms with van der Waals surface area (Å²) in [6.07, 6.45) is 43.1. The highest BCUT2D eigenvalue weighted by atomic mass is 31.2. The van der Waals surface area contributed by atoms with Gasteiger partial charge in [-0.3, -0.25) is 9.36 Å². The molecule has 0 aliphatic carbocycles. The number of amides is 1. The number of hydrogen-bond donors (Lipinski definition) is 2. The van der Waals surface area contributed by atoms with E-state index in [0.29, 0.717) is 23.9 Å². The lowest BCUT2D eigenvalue weighted by molar-refractivity contribution is -0.870. The van der Waals surface area contributed by atoms with Crippen LogP contribution in [-0.4, -0.2) is 68.5 Å². The summed E-state index contributed by atoms with van der Waals surface area (Å²) in [4.78, 5) is 25.3. The van der Waals surface area contributed by atoms with Crippen LogP contribution in [0.5, 0.6) is 0 Å². The number of carbonyl (C=O) groups excluding carboxylic acids is 1. The van der Waals surface area contributed by atoms with Crippen molar-refractivity contribution in [2.75, 3.05) is 40.9 Å². The number of rotatable bonds is 41. The lowest BCUT2D eigenvalue weighted by atomic mass is 10.0. The van der Waals surface area contributed by atoms with Gasteiger partial charge in [0.05, 0.1) is 39.9 Å². The lowest BCUT2D eigenvalue weighted by Crippen LogP contribution is -2.46. The summed E-state index contributed by atoms with van der Waals surface area (Å²) in [5, 5.41) is 13.9. The van der Waals surface area contributed by atoms with Crippen molar-refractivity contribution in [2.45, 2.75) is 219 Å². The quantitative estimate of drug-likeness (QED) is 0.0277. The van der Waals surface area contributed by atoms with Crippen LogP contribution >= 0.6 is 7.82 Å². The highest BCUT2D eigenvalue weighted by Crippen LogP contribution is 2.38. The van der Waals surface area contributed by atoms with Crippen LogP contribution in [0.3, 0.4) is 0 Å². The second-order valence-electron chi connectivity index (χ2n) is 16.8. The third-order valence-electron chi connectivity index (χ3n) is 10.2. The van der Waals surface area contributed by atoms with Gasteiger partial charge in [-0.2, -0.15) is 0 Å². The minimum Gasteiger partial charge on any atom is -0.756 e. The van der Waals surface area contributed by atoms with Crippen LogP contribution in [0, 0.1) is 0 Å². The van der Waals surface area contributed by atoms with Gasteiger partial charge in [0.15, 0.2) is 0 Å². The number of nitrogens with one attached hydrogen (secondary N) is 1. The summed E-state index contributed by atoms with van der Waals surface area (Å²) in [5.74, 6) is -0.173. The molecule has 320 valence electrons. The number of aliphatic hydroxyl groups is 1. The van der Waals surface area contributed by atoms with Crippen LogP contribution in [0.4, 0.5) is 0 Å². The van der Waals surface area contributed by atoms with Crippen molar-refractivity contribution in [3.8, 4) is 0 Å². The number of unbranched alkanes of at least 4 members (excludes halogenated alkanes) is 24. The predicted octanol–water partition coefficient (Wildman–Crippen LogP) is 11.9. The van der Waals surface area contributed by atoms with Gasteiger partial charge in [-0.1, -0.05) is 179 Å². The van der Waals surface area contributed by atoms with E-state index in [9.17, 15) is 19.4 Å². The fourth-order valence-corrected chi connectivity index (χ4v) is 7.26. The van der Waals surface area contributed by atoms with Crippen LogP contribution in [0.1, 0.15) is 206 Å². The number of nitrogens with zero attached hydrogens (tertiary/aromatic N) is 1. The number of quaternary nitrogens is 1. The zero-order chi connectivity index (χ0) is 40.0. The molecular formula is C45H89N2O6P. The Labute approximate surface area is 334 Å². The van der Waals surface area contributed by atoms with Gasteiger partial charge in [-0.05, 0) is 44.9 Å². The zero-order valence-corrected chi connectivity index (χ0v) is 37.1. The van der Waals surface area contributed by atoms with Gasteiger partial charge in [-0.25, -0.2) is 0 Å². The van der Waals surface area contributed by atoms with Gasteiger partial charge in [0.1, 0.15) is 13.2 Å². The Kier molecular flexibility index (Phi) is 36.8. The largest absolute Gasteiger partial charge is 0.756 e. The van der Waals surface area contributed by atoms with Crippen molar-refractivity contribution in [1.29, 1.82) is 0 Å². The van der Waals surface area contributed by atoms with E-state index in [2.05, 4.69) is 43.5 Å². The van der Waals surface area contributed by atoms with Gasteiger partial charge < -0.3 is 28.8 Å². The SMILES string of the molecule is CCCCC/C=C\C/C=C\CCCCCCCCCC(=O)NC(COP(=O)([O-])OCC[N+](C)(C)C)C(O)CCCCCCCCCCCCCCCCC. The molecule has 0 radical (unpaired) electrons. The standard InChI is InChI=1S/C45H89N2O6P/c1-6-8-10-12-14-16-18-20-22-23-25-27-29-31-33-35-37-39-45(49)46-43(42-53-54(50,51)52-41-40-47(3,4)5)44(48)38-36-34-32-30-28-26-24-21-19-17-15-13-11-9-7-2/h14,16,20,22,43-44,48H,6-13,15,17-19,21,23-42H2,1-5H3,(H-,46,49,50,51)/b16-14-,22-20-. The number of allylic oxidation sites excluding steroid dienone is 4. The fraction of sp³-hybridized carbons (Fsp3) is 0.889. The number of likely N-dealkylation sites (N-methyl/N-ethyl adjacent to an activating group) is 1. The van der Waals surface area contributed by atoms with E-state index in [1.54, 1.807) is 0 Å². The maximum absolute atomic E-state index is 12.9. The molecule has 3 unspecified atom stereocenters. The Morgan fingerprint density at radius 2 is 1.07 bits per heavy atom. The highest BCUT2D eigenvalue weighted by molar-refractivity contribution is 7.45. The van der Waals surface area contributed by atoms with E-state index in [1.165, 1.54) is 128 Å². The molecule has 0 aliphatic heterocycles. The number of phosphoric ester groups is 1. The summed E-state index contributed by atoms with van der Waals surface area (Å²) in [6.45, 7) is 4.69. The third kappa shape index (κ3) is 39.2. The average molecular weight is 785 g/mol. The van der Waals surface area contributed by atoms with Gasteiger partial charge in [-0.15, -0.1) is 0 Å². The Hall–Kier alpha value is -1.02. The van der Waals surface area contributed by atoms with Crippen molar-refractivity contribution in [2.24, 2.45) is 0 Å². The minimum absolute atomic E-state index is 0.0111. The molecule has 2 N–H and O–H groups in total. The highest BCUT2D eigenvalue weighted by Gasteiger charge is 2.24. The van der Waals surface area contributed by atoms with E-state index in [0.717, 1.165) is 51.4 Å². The van der Waals surface area contributed by atoms with Crippen LogP contribution in [-0.2, 0) is 18.4 Å². The van der Waals surface area contributed by atoms with E-state index < -0.39 is 20.0 Å². The molecule has 0 bridgehead atoms. The smallest absolute Gasteiger partial charge is 0.268 e. The summed E-state index contributed by atoms with van der Waals surface area (Å²) < 4.78 is 23.3. The molecule has 0 aromatic rings. The van der Waals surface area contributed by atoms with Gasteiger partial charge in [0.2, 0.25) is 5.91 Å². The Balaban J connectivity index is 4.36. The molecule has 3 atom stereocenters. The Morgan fingerprint density at radius 1 is 0.648 bits per heavy atom. The Bertz CT molecular complexity index is 938. The molecular weight excluding hydrogens is 695 g/mol. The average Bonchev–Trinajstić information content (AvgIpc) is 3.12. The van der Waals surface area contributed by atoms with Crippen LogP contribution in [0.25, 0.3) is 0 Å². The van der Waals surface area contributed by atoms with E-state index in [-0.39, 0.29) is 19.1 Å². The summed E-state index contributed by atoms with van der Waals surface area (Å²) in [5.41, 5.74) is 0. The predicted molar refractivity (Wildman–Crippen MR) is 228 cm³/mol. The van der Waals surface area contributed by atoms with Gasteiger partial charge in [0.25, 0.3) is 7.82 Å². The maximum Gasteiger partial charge on any atom is 0.268 e. The second kappa shape index (κ2) is 37.6. The van der Waals surface area contributed by atoms with Gasteiger partial charge >= 0.3 is 0 Å². The van der Waals surface area contributed by atoms with E-state index in [4.69, 9.17) is 9.05 Å². The van der Waals surface area contributed by atoms with Crippen molar-refractivity contribution in [3.63, 3.8) is 0 Å². The molecule has 9 heteroatoms. The molecule has 0 heterocycles. The molecule has 0 spiro atoms. The van der Waals surface area contributed by atoms with Crippen LogP contribution < -0.4 is 10.2 Å². The third-order valence-corrected chi connectivity index (χ3v) is 11.2. The summed E-state index contributed by atoms with van der Waals surface area (Å²) in [7, 11) is 1.30. The first-order valence-corrected chi connectivity index (χ1v) is 24.1. The van der Waals surface area contributed by atoms with E-state index >= 15 is 0 Å². The normalized spacial score (nSPS) is 14.6. The van der Waals surface area contributed by atoms with Gasteiger partial charge in [0, 0.05) is 6.42 Å². The zero-order valence-electron chi connectivity index (χ0n) is 36.2. The molecule has 0 rings (SSSR count). The molecule has 0 aliphatic rings. The molecule has 0 saturated carbocycles. The fourth-order valence-electron chi connectivity index (χ4n) is 6.54. The van der Waals surface area contributed by atoms with Crippen LogP contribution in [0.2, 0.25) is 0 Å². The number of phosphoric acid groups is 1. The van der Waals surface area contributed by atoms with Crippen molar-refractivity contribution in [1.82, 2.24) is 5.32 Å².